The minimum atomic E-state index is -0.413. The van der Waals surface area contributed by atoms with Gasteiger partial charge < -0.3 is 10.2 Å². The van der Waals surface area contributed by atoms with E-state index in [2.05, 4.69) is 5.32 Å². The van der Waals surface area contributed by atoms with Gasteiger partial charge in [0.1, 0.15) is 5.82 Å². The van der Waals surface area contributed by atoms with E-state index in [9.17, 15) is 14.0 Å². The third kappa shape index (κ3) is 3.71. The van der Waals surface area contributed by atoms with E-state index in [-0.39, 0.29) is 30.6 Å². The van der Waals surface area contributed by atoms with Crippen molar-refractivity contribution in [3.8, 4) is 0 Å². The highest BCUT2D eigenvalue weighted by Crippen LogP contribution is 2.28. The molecule has 1 aliphatic rings. The van der Waals surface area contributed by atoms with Gasteiger partial charge in [0, 0.05) is 30.8 Å². The van der Waals surface area contributed by atoms with E-state index in [1.807, 2.05) is 31.2 Å². The molecule has 1 saturated heterocycles. The Labute approximate surface area is 146 Å². The number of hydrogen-bond acceptors (Lipinski definition) is 2. The van der Waals surface area contributed by atoms with Gasteiger partial charge in [0.05, 0.1) is 5.92 Å². The van der Waals surface area contributed by atoms with Gasteiger partial charge in [-0.2, -0.15) is 0 Å². The average Bonchev–Trinajstić information content (AvgIpc) is 3.02. The molecule has 0 saturated carbocycles. The molecule has 1 fully saturated rings. The summed E-state index contributed by atoms with van der Waals surface area (Å²) in [4.78, 5) is 26.5. The molecule has 1 N–H and O–H groups in total. The van der Waals surface area contributed by atoms with E-state index in [1.54, 1.807) is 23.1 Å². The molecule has 0 bridgehead atoms. The molecular weight excluding hydrogens is 319 g/mol. The second-order valence-electron chi connectivity index (χ2n) is 6.20. The molecule has 0 unspecified atom stereocenters. The molecule has 5 heteroatoms. The molecule has 2 aromatic carbocycles. The topological polar surface area (TPSA) is 49.4 Å². The molecule has 130 valence electrons. The standard InChI is InChI=1S/C20H21FN2O2/c1-2-14-7-4-6-10-18(14)23-13-16(11-19(23)24)20(25)22-12-15-8-3-5-9-17(15)21/h3-10,16H,2,11-13H2,1H3,(H,22,25)/t16-/m0/s1. The molecule has 25 heavy (non-hydrogen) atoms. The Kier molecular flexibility index (Phi) is 5.12. The summed E-state index contributed by atoms with van der Waals surface area (Å²) >= 11 is 0. The summed E-state index contributed by atoms with van der Waals surface area (Å²) in [5, 5.41) is 2.75. The Morgan fingerprint density at radius 3 is 2.56 bits per heavy atom. The summed E-state index contributed by atoms with van der Waals surface area (Å²) < 4.78 is 13.6. The van der Waals surface area contributed by atoms with Crippen molar-refractivity contribution in [2.45, 2.75) is 26.3 Å². The van der Waals surface area contributed by atoms with Crippen LogP contribution in [0, 0.1) is 11.7 Å². The Morgan fingerprint density at radius 2 is 1.84 bits per heavy atom. The number of hydrogen-bond donors (Lipinski definition) is 1. The first-order valence-corrected chi connectivity index (χ1v) is 8.49. The van der Waals surface area contributed by atoms with Gasteiger partial charge in [-0.3, -0.25) is 9.59 Å². The minimum Gasteiger partial charge on any atom is -0.352 e. The number of nitrogens with one attached hydrogen (secondary N) is 1. The Hall–Kier alpha value is -2.69. The molecule has 2 aromatic rings. The van der Waals surface area contributed by atoms with Crippen LogP contribution in [-0.4, -0.2) is 18.4 Å². The summed E-state index contributed by atoms with van der Waals surface area (Å²) in [5.41, 5.74) is 2.40. The van der Waals surface area contributed by atoms with Crippen LogP contribution in [0.15, 0.2) is 48.5 Å². The van der Waals surface area contributed by atoms with Crippen molar-refractivity contribution in [1.29, 1.82) is 0 Å². The zero-order valence-electron chi connectivity index (χ0n) is 14.2. The highest BCUT2D eigenvalue weighted by Gasteiger charge is 2.35. The van der Waals surface area contributed by atoms with Gasteiger partial charge >= 0.3 is 0 Å². The summed E-state index contributed by atoms with van der Waals surface area (Å²) in [7, 11) is 0. The number of carbonyl (C=O) groups is 2. The van der Waals surface area contributed by atoms with E-state index in [4.69, 9.17) is 0 Å². The maximum atomic E-state index is 13.6. The second kappa shape index (κ2) is 7.47. The third-order valence-electron chi connectivity index (χ3n) is 4.57. The van der Waals surface area contributed by atoms with Crippen molar-refractivity contribution < 1.29 is 14.0 Å². The number of aryl methyl sites for hydroxylation is 1. The number of para-hydroxylation sites is 1. The van der Waals surface area contributed by atoms with Gasteiger partial charge in [-0.1, -0.05) is 43.3 Å². The lowest BCUT2D eigenvalue weighted by Crippen LogP contribution is -2.33. The number of amides is 2. The fourth-order valence-corrected chi connectivity index (χ4v) is 3.16. The van der Waals surface area contributed by atoms with Gasteiger partial charge in [-0.15, -0.1) is 0 Å². The lowest BCUT2D eigenvalue weighted by molar-refractivity contribution is -0.126. The van der Waals surface area contributed by atoms with Crippen LogP contribution in [0.25, 0.3) is 0 Å². The Balaban J connectivity index is 1.66. The quantitative estimate of drug-likeness (QED) is 0.909. The van der Waals surface area contributed by atoms with Crippen LogP contribution >= 0.6 is 0 Å². The molecule has 4 nitrogen and oxygen atoms in total. The maximum absolute atomic E-state index is 13.6. The molecule has 2 amide bonds. The molecule has 0 radical (unpaired) electrons. The first-order chi connectivity index (χ1) is 12.1. The molecular formula is C20H21FN2O2. The predicted octanol–water partition coefficient (Wildman–Crippen LogP) is 3.06. The monoisotopic (exact) mass is 340 g/mol. The summed E-state index contributed by atoms with van der Waals surface area (Å²) in [6.45, 7) is 2.53. The number of anilines is 1. The van der Waals surface area contributed by atoms with Crippen LogP contribution < -0.4 is 10.2 Å². The highest BCUT2D eigenvalue weighted by atomic mass is 19.1. The van der Waals surface area contributed by atoms with Gasteiger partial charge in [0.15, 0.2) is 0 Å². The van der Waals surface area contributed by atoms with Crippen LogP contribution in [0.5, 0.6) is 0 Å². The highest BCUT2D eigenvalue weighted by molar-refractivity contribution is 6.00. The van der Waals surface area contributed by atoms with Crippen LogP contribution in [0.2, 0.25) is 0 Å². The molecule has 0 aliphatic carbocycles. The first kappa shape index (κ1) is 17.1. The third-order valence-corrected chi connectivity index (χ3v) is 4.57. The zero-order valence-corrected chi connectivity index (χ0v) is 14.2. The van der Waals surface area contributed by atoms with Gasteiger partial charge in [-0.05, 0) is 24.1 Å². The Bertz CT molecular complexity index is 791. The number of rotatable bonds is 5. The number of benzene rings is 2. The van der Waals surface area contributed by atoms with E-state index in [0.29, 0.717) is 12.1 Å². The van der Waals surface area contributed by atoms with E-state index in [1.165, 1.54) is 6.07 Å². The molecule has 1 atom stereocenters. The molecule has 1 heterocycles. The van der Waals surface area contributed by atoms with Crippen LogP contribution in [0.1, 0.15) is 24.5 Å². The molecule has 1 aliphatic heterocycles. The van der Waals surface area contributed by atoms with Crippen molar-refractivity contribution in [2.24, 2.45) is 5.92 Å². The molecule has 0 aromatic heterocycles. The van der Waals surface area contributed by atoms with E-state index in [0.717, 1.165) is 17.7 Å². The molecule has 0 spiro atoms. The van der Waals surface area contributed by atoms with Crippen molar-refractivity contribution in [3.63, 3.8) is 0 Å². The second-order valence-corrected chi connectivity index (χ2v) is 6.20. The molecule has 3 rings (SSSR count). The largest absolute Gasteiger partial charge is 0.352 e. The number of halogens is 1. The van der Waals surface area contributed by atoms with Crippen molar-refractivity contribution in [1.82, 2.24) is 5.32 Å². The normalized spacial score (nSPS) is 17.0. The van der Waals surface area contributed by atoms with Crippen molar-refractivity contribution in [2.75, 3.05) is 11.4 Å². The SMILES string of the molecule is CCc1ccccc1N1C[C@@H](C(=O)NCc2ccccc2F)CC1=O. The van der Waals surface area contributed by atoms with Gasteiger partial charge in [0.2, 0.25) is 11.8 Å². The number of nitrogens with zero attached hydrogens (tertiary/aromatic N) is 1. The van der Waals surface area contributed by atoms with Crippen LogP contribution in [-0.2, 0) is 22.6 Å². The minimum absolute atomic E-state index is 0.0491. The zero-order chi connectivity index (χ0) is 17.8. The van der Waals surface area contributed by atoms with Crippen LogP contribution in [0.3, 0.4) is 0 Å². The summed E-state index contributed by atoms with van der Waals surface area (Å²) in [6, 6.07) is 14.1. The lowest BCUT2D eigenvalue weighted by Gasteiger charge is -2.20. The van der Waals surface area contributed by atoms with Gasteiger partial charge in [-0.25, -0.2) is 4.39 Å². The fourth-order valence-electron chi connectivity index (χ4n) is 3.16. The average molecular weight is 340 g/mol. The summed E-state index contributed by atoms with van der Waals surface area (Å²) in [6.07, 6.45) is 1.01. The number of carbonyl (C=O) groups excluding carboxylic acids is 2. The van der Waals surface area contributed by atoms with Crippen molar-refractivity contribution in [3.05, 3.63) is 65.5 Å². The smallest absolute Gasteiger partial charge is 0.227 e. The lowest BCUT2D eigenvalue weighted by atomic mass is 10.1. The van der Waals surface area contributed by atoms with Gasteiger partial charge in [0.25, 0.3) is 0 Å². The van der Waals surface area contributed by atoms with E-state index < -0.39 is 5.92 Å². The van der Waals surface area contributed by atoms with Crippen LogP contribution in [0.4, 0.5) is 10.1 Å². The predicted molar refractivity (Wildman–Crippen MR) is 94.5 cm³/mol. The fraction of sp³-hybridized carbons (Fsp3) is 0.300. The van der Waals surface area contributed by atoms with Crippen molar-refractivity contribution >= 4 is 17.5 Å². The van der Waals surface area contributed by atoms with E-state index >= 15 is 0 Å². The maximum Gasteiger partial charge on any atom is 0.227 e. The summed E-state index contributed by atoms with van der Waals surface area (Å²) in [5.74, 6) is -1.02. The first-order valence-electron chi connectivity index (χ1n) is 8.49. The Morgan fingerprint density at radius 1 is 1.16 bits per heavy atom.